The van der Waals surface area contributed by atoms with E-state index in [1.165, 1.54) is 11.1 Å². The van der Waals surface area contributed by atoms with Crippen molar-refractivity contribution in [1.82, 2.24) is 25.0 Å². The van der Waals surface area contributed by atoms with Gasteiger partial charge < -0.3 is 10.2 Å². The molecule has 1 aliphatic heterocycles. The molecule has 1 fully saturated rings. The van der Waals surface area contributed by atoms with Gasteiger partial charge in [0.15, 0.2) is 0 Å². The van der Waals surface area contributed by atoms with E-state index in [1.807, 2.05) is 23.4 Å². The molecule has 1 aromatic heterocycles. The van der Waals surface area contributed by atoms with Gasteiger partial charge in [0.05, 0.1) is 12.6 Å². The Balaban J connectivity index is 1.67. The number of aryl methyl sites for hydroxylation is 3. The Morgan fingerprint density at radius 3 is 2.59 bits per heavy atom. The van der Waals surface area contributed by atoms with Crippen molar-refractivity contribution >= 4 is 5.91 Å². The Morgan fingerprint density at radius 2 is 1.96 bits per heavy atom. The van der Waals surface area contributed by atoms with Gasteiger partial charge in [-0.1, -0.05) is 29.8 Å². The van der Waals surface area contributed by atoms with Crippen LogP contribution in [0.1, 0.15) is 42.5 Å². The molecule has 1 N–H and O–H groups in total. The Kier molecular flexibility index (Phi) is 6.26. The minimum absolute atomic E-state index is 0.168. The highest BCUT2D eigenvalue weighted by Crippen LogP contribution is 2.22. The number of rotatable bonds is 6. The van der Waals surface area contributed by atoms with E-state index < -0.39 is 0 Å². The van der Waals surface area contributed by atoms with E-state index >= 15 is 0 Å². The van der Waals surface area contributed by atoms with Crippen molar-refractivity contribution in [1.29, 1.82) is 0 Å². The lowest BCUT2D eigenvalue weighted by molar-refractivity contribution is -0.133. The minimum atomic E-state index is 0.168. The Labute approximate surface area is 162 Å². The SMILES string of the molecule is CC(=O)N1CCC[C@H](NCCn2nc(C)nc2C)[C@@H]1Cc1ccc(C)cc1. The van der Waals surface area contributed by atoms with Crippen molar-refractivity contribution in [2.45, 2.75) is 65.6 Å². The summed E-state index contributed by atoms with van der Waals surface area (Å²) in [6.07, 6.45) is 3.03. The molecular formula is C21H31N5O. The van der Waals surface area contributed by atoms with Crippen molar-refractivity contribution in [2.24, 2.45) is 0 Å². The summed E-state index contributed by atoms with van der Waals surface area (Å²) in [4.78, 5) is 18.6. The first-order valence-corrected chi connectivity index (χ1v) is 9.88. The zero-order valence-corrected chi connectivity index (χ0v) is 16.9. The van der Waals surface area contributed by atoms with E-state index in [4.69, 9.17) is 0 Å². The number of likely N-dealkylation sites (tertiary alicyclic amines) is 1. The van der Waals surface area contributed by atoms with Crippen molar-refractivity contribution in [3.63, 3.8) is 0 Å². The van der Waals surface area contributed by atoms with Crippen molar-refractivity contribution in [3.8, 4) is 0 Å². The first-order chi connectivity index (χ1) is 12.9. The molecule has 1 amide bonds. The van der Waals surface area contributed by atoms with Crippen LogP contribution in [0, 0.1) is 20.8 Å². The molecule has 0 saturated carbocycles. The van der Waals surface area contributed by atoms with E-state index in [2.05, 4.69) is 46.6 Å². The average Bonchev–Trinajstić information content (AvgIpc) is 2.95. The molecule has 0 unspecified atom stereocenters. The average molecular weight is 370 g/mol. The molecule has 1 aromatic carbocycles. The number of carbonyl (C=O) groups excluding carboxylic acids is 1. The maximum absolute atomic E-state index is 12.2. The van der Waals surface area contributed by atoms with Gasteiger partial charge in [-0.05, 0) is 45.6 Å². The number of hydrogen-bond acceptors (Lipinski definition) is 4. The molecule has 6 nitrogen and oxygen atoms in total. The van der Waals surface area contributed by atoms with Gasteiger partial charge in [0.1, 0.15) is 11.6 Å². The molecule has 0 bridgehead atoms. The van der Waals surface area contributed by atoms with Crippen molar-refractivity contribution in [2.75, 3.05) is 13.1 Å². The molecule has 3 rings (SSSR count). The number of nitrogens with zero attached hydrogens (tertiary/aromatic N) is 4. The fourth-order valence-electron chi connectivity index (χ4n) is 4.03. The summed E-state index contributed by atoms with van der Waals surface area (Å²) in [7, 11) is 0. The molecule has 0 spiro atoms. The Morgan fingerprint density at radius 1 is 1.22 bits per heavy atom. The maximum Gasteiger partial charge on any atom is 0.219 e. The van der Waals surface area contributed by atoms with Crippen LogP contribution in [-0.4, -0.2) is 50.7 Å². The van der Waals surface area contributed by atoms with Gasteiger partial charge in [-0.15, -0.1) is 0 Å². The largest absolute Gasteiger partial charge is 0.338 e. The molecule has 6 heteroatoms. The molecular weight excluding hydrogens is 338 g/mol. The molecule has 0 aliphatic carbocycles. The molecule has 1 saturated heterocycles. The molecule has 0 radical (unpaired) electrons. The number of benzene rings is 1. The van der Waals surface area contributed by atoms with Crippen LogP contribution in [0.5, 0.6) is 0 Å². The topological polar surface area (TPSA) is 63.1 Å². The first kappa shape index (κ1) is 19.5. The van der Waals surface area contributed by atoms with Gasteiger partial charge in [-0.3, -0.25) is 4.79 Å². The second kappa shape index (κ2) is 8.65. The summed E-state index contributed by atoms with van der Waals surface area (Å²) in [6.45, 7) is 10.2. The predicted molar refractivity (Wildman–Crippen MR) is 107 cm³/mol. The monoisotopic (exact) mass is 369 g/mol. The van der Waals surface area contributed by atoms with Gasteiger partial charge in [0.25, 0.3) is 0 Å². The van der Waals surface area contributed by atoms with E-state index in [1.54, 1.807) is 6.92 Å². The maximum atomic E-state index is 12.2. The van der Waals surface area contributed by atoms with Crippen molar-refractivity contribution < 1.29 is 4.79 Å². The summed E-state index contributed by atoms with van der Waals surface area (Å²) >= 11 is 0. The third kappa shape index (κ3) is 4.95. The summed E-state index contributed by atoms with van der Waals surface area (Å²) in [6, 6.07) is 9.15. The smallest absolute Gasteiger partial charge is 0.219 e. The molecule has 27 heavy (non-hydrogen) atoms. The lowest BCUT2D eigenvalue weighted by Gasteiger charge is -2.41. The first-order valence-electron chi connectivity index (χ1n) is 9.88. The van der Waals surface area contributed by atoms with Crippen LogP contribution in [0.3, 0.4) is 0 Å². The number of amides is 1. The standard InChI is InChI=1S/C21H31N5O/c1-15-7-9-19(10-8-15)14-21-20(6-5-12-25(21)18(4)27)22-11-13-26-17(3)23-16(2)24-26/h7-10,20-22H,5-6,11-14H2,1-4H3/t20-,21-/m0/s1. The highest BCUT2D eigenvalue weighted by molar-refractivity contribution is 5.73. The second-order valence-corrected chi connectivity index (χ2v) is 7.60. The van der Waals surface area contributed by atoms with E-state index in [-0.39, 0.29) is 11.9 Å². The second-order valence-electron chi connectivity index (χ2n) is 7.60. The number of piperidine rings is 1. The van der Waals surface area contributed by atoms with Crippen LogP contribution in [0.15, 0.2) is 24.3 Å². The van der Waals surface area contributed by atoms with Crippen LogP contribution < -0.4 is 5.32 Å². The number of aromatic nitrogens is 3. The van der Waals surface area contributed by atoms with E-state index in [0.29, 0.717) is 6.04 Å². The molecule has 2 aromatic rings. The number of nitrogens with one attached hydrogen (secondary N) is 1. The number of carbonyl (C=O) groups is 1. The quantitative estimate of drug-likeness (QED) is 0.849. The highest BCUT2D eigenvalue weighted by Gasteiger charge is 2.32. The zero-order chi connectivity index (χ0) is 19.4. The fraction of sp³-hybridized carbons (Fsp3) is 0.571. The highest BCUT2D eigenvalue weighted by atomic mass is 16.2. The van der Waals surface area contributed by atoms with Gasteiger partial charge >= 0.3 is 0 Å². The Bertz CT molecular complexity index is 767. The third-order valence-electron chi connectivity index (χ3n) is 5.44. The summed E-state index contributed by atoms with van der Waals surface area (Å²) in [5.41, 5.74) is 2.55. The molecule has 2 heterocycles. The minimum Gasteiger partial charge on any atom is -0.338 e. The van der Waals surface area contributed by atoms with Gasteiger partial charge in [-0.2, -0.15) is 5.10 Å². The summed E-state index contributed by atoms with van der Waals surface area (Å²) in [5, 5.41) is 8.12. The normalized spacial score (nSPS) is 20.1. The summed E-state index contributed by atoms with van der Waals surface area (Å²) < 4.78 is 1.95. The van der Waals surface area contributed by atoms with Crippen molar-refractivity contribution in [3.05, 3.63) is 47.0 Å². The van der Waals surface area contributed by atoms with Gasteiger partial charge in [-0.25, -0.2) is 9.67 Å². The van der Waals surface area contributed by atoms with Crippen LogP contribution >= 0.6 is 0 Å². The van der Waals surface area contributed by atoms with Crippen LogP contribution in [0.4, 0.5) is 0 Å². The molecule has 1 aliphatic rings. The zero-order valence-electron chi connectivity index (χ0n) is 16.9. The van der Waals surface area contributed by atoms with Crippen LogP contribution in [0.2, 0.25) is 0 Å². The molecule has 2 atom stereocenters. The molecule has 146 valence electrons. The number of hydrogen-bond donors (Lipinski definition) is 1. The van der Waals surface area contributed by atoms with Gasteiger partial charge in [0.2, 0.25) is 5.91 Å². The van der Waals surface area contributed by atoms with Crippen LogP contribution in [0.25, 0.3) is 0 Å². The summed E-state index contributed by atoms with van der Waals surface area (Å²) in [5.74, 6) is 1.92. The van der Waals surface area contributed by atoms with E-state index in [9.17, 15) is 4.79 Å². The van der Waals surface area contributed by atoms with Crippen LogP contribution in [-0.2, 0) is 17.8 Å². The lowest BCUT2D eigenvalue weighted by Crippen LogP contribution is -2.56. The van der Waals surface area contributed by atoms with E-state index in [0.717, 1.165) is 50.5 Å². The predicted octanol–water partition coefficient (Wildman–Crippen LogP) is 2.42. The lowest BCUT2D eigenvalue weighted by atomic mass is 9.90. The Hall–Kier alpha value is -2.21. The fourth-order valence-corrected chi connectivity index (χ4v) is 4.03. The van der Waals surface area contributed by atoms with Gasteiger partial charge in [0, 0.05) is 26.1 Å². The third-order valence-corrected chi connectivity index (χ3v) is 5.44.